The number of anilines is 1. The molecule has 2 rings (SSSR count). The van der Waals surface area contributed by atoms with E-state index in [0.717, 1.165) is 16.1 Å². The van der Waals surface area contributed by atoms with Gasteiger partial charge in [0, 0.05) is 0 Å². The minimum Gasteiger partial charge on any atom is -0.496 e. The number of alkyl halides is 3. The van der Waals surface area contributed by atoms with Crippen molar-refractivity contribution in [3.05, 3.63) is 46.1 Å². The molecule has 0 bridgehead atoms. The van der Waals surface area contributed by atoms with E-state index in [4.69, 9.17) is 4.74 Å². The summed E-state index contributed by atoms with van der Waals surface area (Å²) in [5, 5.41) is 9.72. The molecule has 1 heterocycles. The van der Waals surface area contributed by atoms with E-state index in [0.29, 0.717) is 5.75 Å². The number of methoxy groups -OCH3 is 1. The lowest BCUT2D eigenvalue weighted by Gasteiger charge is -2.16. The fourth-order valence-electron chi connectivity index (χ4n) is 1.82. The summed E-state index contributed by atoms with van der Waals surface area (Å²) in [5.74, 6) is 0.970. The molecule has 1 atom stereocenters. The second-order valence-electron chi connectivity index (χ2n) is 4.56. The SMILES string of the molecule is COc1ccc(C(C)Nc2ccc(C(F)(F)F)nn2)cc1Br. The highest BCUT2D eigenvalue weighted by atomic mass is 79.9. The summed E-state index contributed by atoms with van der Waals surface area (Å²) in [7, 11) is 1.57. The number of benzene rings is 1. The maximum Gasteiger partial charge on any atom is 0.435 e. The first-order chi connectivity index (χ1) is 10.3. The normalized spacial score (nSPS) is 12.8. The Balaban J connectivity index is 2.11. The molecule has 118 valence electrons. The van der Waals surface area contributed by atoms with Crippen molar-refractivity contribution >= 4 is 21.7 Å². The fraction of sp³-hybridized carbons (Fsp3) is 0.286. The number of hydrogen-bond acceptors (Lipinski definition) is 4. The molecule has 0 amide bonds. The Kier molecular flexibility index (Phi) is 4.90. The van der Waals surface area contributed by atoms with Crippen LogP contribution in [0.1, 0.15) is 24.2 Å². The smallest absolute Gasteiger partial charge is 0.435 e. The molecule has 1 aromatic heterocycles. The molecule has 0 saturated heterocycles. The van der Waals surface area contributed by atoms with Gasteiger partial charge in [0.1, 0.15) is 11.6 Å². The van der Waals surface area contributed by atoms with Crippen molar-refractivity contribution in [1.29, 1.82) is 0 Å². The van der Waals surface area contributed by atoms with Crippen LogP contribution in [0.3, 0.4) is 0 Å². The Morgan fingerprint density at radius 1 is 1.18 bits per heavy atom. The molecule has 1 unspecified atom stereocenters. The number of rotatable bonds is 4. The lowest BCUT2D eigenvalue weighted by molar-refractivity contribution is -0.141. The summed E-state index contributed by atoms with van der Waals surface area (Å²) in [5.41, 5.74) is -0.0905. The molecule has 8 heteroatoms. The van der Waals surface area contributed by atoms with Gasteiger partial charge in [0.2, 0.25) is 0 Å². The van der Waals surface area contributed by atoms with Crippen LogP contribution >= 0.6 is 15.9 Å². The second kappa shape index (κ2) is 6.51. The first kappa shape index (κ1) is 16.5. The third kappa shape index (κ3) is 3.88. The molecule has 0 radical (unpaired) electrons. The van der Waals surface area contributed by atoms with E-state index < -0.39 is 11.9 Å². The number of aromatic nitrogens is 2. The van der Waals surface area contributed by atoms with Gasteiger partial charge in [-0.25, -0.2) is 0 Å². The topological polar surface area (TPSA) is 47.0 Å². The molecule has 0 aliphatic carbocycles. The maximum atomic E-state index is 12.4. The van der Waals surface area contributed by atoms with Gasteiger partial charge in [-0.2, -0.15) is 13.2 Å². The average molecular weight is 376 g/mol. The predicted octanol–water partition coefficient (Wildman–Crippen LogP) is 4.44. The molecule has 0 aliphatic heterocycles. The van der Waals surface area contributed by atoms with Crippen LogP contribution in [0.4, 0.5) is 19.0 Å². The van der Waals surface area contributed by atoms with E-state index >= 15 is 0 Å². The summed E-state index contributed by atoms with van der Waals surface area (Å²) in [6, 6.07) is 7.52. The van der Waals surface area contributed by atoms with Crippen LogP contribution in [0.2, 0.25) is 0 Å². The zero-order valence-corrected chi connectivity index (χ0v) is 13.4. The minimum absolute atomic E-state index is 0.159. The van der Waals surface area contributed by atoms with Crippen molar-refractivity contribution in [2.24, 2.45) is 0 Å². The molecule has 22 heavy (non-hydrogen) atoms. The molecule has 0 fully saturated rings. The Hall–Kier alpha value is -1.83. The van der Waals surface area contributed by atoms with Gasteiger partial charge in [0.15, 0.2) is 5.69 Å². The number of ether oxygens (including phenoxy) is 1. The van der Waals surface area contributed by atoms with Gasteiger partial charge < -0.3 is 10.1 Å². The van der Waals surface area contributed by atoms with Gasteiger partial charge in [-0.05, 0) is 52.7 Å². The Morgan fingerprint density at radius 2 is 1.91 bits per heavy atom. The van der Waals surface area contributed by atoms with Gasteiger partial charge in [-0.15, -0.1) is 10.2 Å². The third-order valence-electron chi connectivity index (χ3n) is 3.00. The van der Waals surface area contributed by atoms with Gasteiger partial charge in [0.25, 0.3) is 0 Å². The third-order valence-corrected chi connectivity index (χ3v) is 3.61. The molecule has 0 saturated carbocycles. The van der Waals surface area contributed by atoms with Gasteiger partial charge >= 0.3 is 6.18 Å². The van der Waals surface area contributed by atoms with E-state index in [-0.39, 0.29) is 11.9 Å². The van der Waals surface area contributed by atoms with E-state index in [1.165, 1.54) is 6.07 Å². The van der Waals surface area contributed by atoms with Gasteiger partial charge in [-0.3, -0.25) is 0 Å². The van der Waals surface area contributed by atoms with Crippen molar-refractivity contribution in [2.45, 2.75) is 19.1 Å². The highest BCUT2D eigenvalue weighted by Gasteiger charge is 2.32. The zero-order valence-electron chi connectivity index (χ0n) is 11.8. The van der Waals surface area contributed by atoms with Crippen LogP contribution in [0.15, 0.2) is 34.8 Å². The van der Waals surface area contributed by atoms with Gasteiger partial charge in [0.05, 0.1) is 17.6 Å². The molecule has 0 spiro atoms. The molecule has 1 aromatic carbocycles. The molecule has 2 aromatic rings. The van der Waals surface area contributed by atoms with Crippen LogP contribution in [-0.4, -0.2) is 17.3 Å². The second-order valence-corrected chi connectivity index (χ2v) is 5.42. The Labute approximate surface area is 133 Å². The van der Waals surface area contributed by atoms with Crippen LogP contribution in [0.25, 0.3) is 0 Å². The monoisotopic (exact) mass is 375 g/mol. The Morgan fingerprint density at radius 3 is 2.41 bits per heavy atom. The van der Waals surface area contributed by atoms with Crippen molar-refractivity contribution in [3.63, 3.8) is 0 Å². The quantitative estimate of drug-likeness (QED) is 0.857. The first-order valence-corrected chi connectivity index (χ1v) is 7.11. The van der Waals surface area contributed by atoms with Crippen molar-refractivity contribution in [1.82, 2.24) is 10.2 Å². The maximum absolute atomic E-state index is 12.4. The van der Waals surface area contributed by atoms with E-state index in [2.05, 4.69) is 31.4 Å². The first-order valence-electron chi connectivity index (χ1n) is 6.32. The number of nitrogens with zero attached hydrogens (tertiary/aromatic N) is 2. The van der Waals surface area contributed by atoms with Crippen LogP contribution < -0.4 is 10.1 Å². The number of nitrogens with one attached hydrogen (secondary N) is 1. The van der Waals surface area contributed by atoms with Crippen LogP contribution in [0, 0.1) is 0 Å². The molecular formula is C14H13BrF3N3O. The lowest BCUT2D eigenvalue weighted by Crippen LogP contribution is -2.12. The van der Waals surface area contributed by atoms with Crippen LogP contribution in [-0.2, 0) is 6.18 Å². The summed E-state index contributed by atoms with van der Waals surface area (Å²) < 4.78 is 43.2. The predicted molar refractivity (Wildman–Crippen MR) is 79.8 cm³/mol. The summed E-state index contributed by atoms with van der Waals surface area (Å²) in [4.78, 5) is 0. The standard InChI is InChI=1S/C14H13BrF3N3O/c1-8(9-3-4-11(22-2)10(15)7-9)19-13-6-5-12(20-21-13)14(16,17)18/h3-8H,1-2H3,(H,19,21). The summed E-state index contributed by atoms with van der Waals surface area (Å²) in [6.07, 6.45) is -4.49. The Bertz CT molecular complexity index is 647. The number of hydrogen-bond donors (Lipinski definition) is 1. The molecule has 4 nitrogen and oxygen atoms in total. The van der Waals surface area contributed by atoms with E-state index in [1.54, 1.807) is 13.2 Å². The van der Waals surface area contributed by atoms with E-state index in [9.17, 15) is 13.2 Å². The van der Waals surface area contributed by atoms with Crippen molar-refractivity contribution in [2.75, 3.05) is 12.4 Å². The fourth-order valence-corrected chi connectivity index (χ4v) is 2.38. The van der Waals surface area contributed by atoms with E-state index in [1.807, 2.05) is 19.1 Å². The highest BCUT2D eigenvalue weighted by Crippen LogP contribution is 2.30. The lowest BCUT2D eigenvalue weighted by atomic mass is 10.1. The number of halogens is 4. The van der Waals surface area contributed by atoms with Gasteiger partial charge in [-0.1, -0.05) is 6.07 Å². The molecular weight excluding hydrogens is 363 g/mol. The molecule has 0 aliphatic rings. The van der Waals surface area contributed by atoms with Crippen molar-refractivity contribution in [3.8, 4) is 5.75 Å². The zero-order chi connectivity index (χ0) is 16.3. The van der Waals surface area contributed by atoms with Crippen LogP contribution in [0.5, 0.6) is 5.75 Å². The summed E-state index contributed by atoms with van der Waals surface area (Å²) in [6.45, 7) is 1.87. The van der Waals surface area contributed by atoms with Crippen molar-refractivity contribution < 1.29 is 17.9 Å². The average Bonchev–Trinajstić information content (AvgIpc) is 2.46. The minimum atomic E-state index is -4.49. The summed E-state index contributed by atoms with van der Waals surface area (Å²) >= 11 is 3.39. The molecule has 1 N–H and O–H groups in total. The highest BCUT2D eigenvalue weighted by molar-refractivity contribution is 9.10. The largest absolute Gasteiger partial charge is 0.496 e.